The monoisotopic (exact) mass is 659 g/mol. The molecule has 276 valence electrons. The topological polar surface area (TPSA) is 54.4 Å². The third kappa shape index (κ3) is 35.7. The lowest BCUT2D eigenvalue weighted by Gasteiger charge is -2.11. The van der Waals surface area contributed by atoms with E-state index < -0.39 is 11.9 Å². The first-order valence-electron chi connectivity index (χ1n) is 21.2. The summed E-state index contributed by atoms with van der Waals surface area (Å²) < 4.78 is 0. The van der Waals surface area contributed by atoms with Gasteiger partial charge in [-0.15, -0.1) is 0 Å². The molecule has 0 amide bonds. The summed E-state index contributed by atoms with van der Waals surface area (Å²) in [7, 11) is 0. The van der Waals surface area contributed by atoms with Crippen LogP contribution in [0, 0.1) is 5.92 Å². The van der Waals surface area contributed by atoms with Crippen LogP contribution >= 0.6 is 0 Å². The fraction of sp³-hybridized carbons (Fsp3) is 0.864. The molecule has 0 bridgehead atoms. The Morgan fingerprint density at radius 3 is 1.00 bits per heavy atom. The van der Waals surface area contributed by atoms with Crippen LogP contribution in [0.5, 0.6) is 0 Å². The van der Waals surface area contributed by atoms with E-state index in [1.54, 1.807) is 0 Å². The largest absolute Gasteiger partial charge is 0.481 e. The first-order valence-corrected chi connectivity index (χ1v) is 21.2. The zero-order valence-electron chi connectivity index (χ0n) is 31.9. The first-order chi connectivity index (χ1) is 23.1. The average Bonchev–Trinajstić information content (AvgIpc) is 3.06. The Morgan fingerprint density at radius 2 is 0.681 bits per heavy atom. The Hall–Kier alpha value is -1.38. The lowest BCUT2D eigenvalue weighted by molar-refractivity contribution is -0.146. The van der Waals surface area contributed by atoms with Crippen LogP contribution in [-0.2, 0) is 9.59 Å². The van der Waals surface area contributed by atoms with E-state index in [0.717, 1.165) is 32.1 Å². The van der Waals surface area contributed by atoms with Gasteiger partial charge in [0.05, 0.1) is 0 Å². The Balaban J connectivity index is 3.54. The van der Waals surface area contributed by atoms with Gasteiger partial charge in [-0.3, -0.25) is 9.59 Å². The number of carboxylic acid groups (broad SMARTS) is 1. The molecule has 0 aliphatic carbocycles. The molecular formula is C44H82O3. The van der Waals surface area contributed by atoms with E-state index in [0.29, 0.717) is 12.8 Å². The van der Waals surface area contributed by atoms with Crippen molar-refractivity contribution in [3.8, 4) is 0 Å². The molecule has 0 aromatic carbocycles. The van der Waals surface area contributed by atoms with Crippen LogP contribution in [0.15, 0.2) is 24.3 Å². The zero-order chi connectivity index (χ0) is 34.3. The molecule has 3 nitrogen and oxygen atoms in total. The van der Waals surface area contributed by atoms with Gasteiger partial charge in [0.2, 0.25) is 0 Å². The molecule has 1 atom stereocenters. The summed E-state index contributed by atoms with van der Waals surface area (Å²) in [5.41, 5.74) is 0. The number of unbranched alkanes of at least 4 members (excludes halogenated alkanes) is 29. The predicted octanol–water partition coefficient (Wildman–Crippen LogP) is 15.1. The van der Waals surface area contributed by atoms with Crippen molar-refractivity contribution in [1.29, 1.82) is 0 Å². The molecule has 0 aliphatic heterocycles. The highest BCUT2D eigenvalue weighted by Gasteiger charge is 2.24. The molecular weight excluding hydrogens is 576 g/mol. The lowest BCUT2D eigenvalue weighted by Crippen LogP contribution is -2.23. The molecule has 0 aromatic rings. The summed E-state index contributed by atoms with van der Waals surface area (Å²) >= 11 is 0. The Bertz CT molecular complexity index is 709. The second kappa shape index (κ2) is 39.1. The maximum absolute atomic E-state index is 12.6. The van der Waals surface area contributed by atoms with Gasteiger partial charge in [0.15, 0.2) is 0 Å². The van der Waals surface area contributed by atoms with Gasteiger partial charge >= 0.3 is 5.97 Å². The van der Waals surface area contributed by atoms with E-state index >= 15 is 0 Å². The van der Waals surface area contributed by atoms with Crippen LogP contribution in [0.4, 0.5) is 0 Å². The summed E-state index contributed by atoms with van der Waals surface area (Å²) in [6.45, 7) is 4.55. The molecule has 1 N–H and O–H groups in total. The van der Waals surface area contributed by atoms with E-state index in [4.69, 9.17) is 0 Å². The molecule has 0 spiro atoms. The number of allylic oxidation sites excluding steroid dienone is 4. The number of carboxylic acids is 1. The van der Waals surface area contributed by atoms with Crippen molar-refractivity contribution >= 4 is 11.8 Å². The summed E-state index contributed by atoms with van der Waals surface area (Å²) in [4.78, 5) is 24.3. The van der Waals surface area contributed by atoms with Crippen LogP contribution < -0.4 is 0 Å². The lowest BCUT2D eigenvalue weighted by atomic mass is 9.93. The van der Waals surface area contributed by atoms with Crippen molar-refractivity contribution < 1.29 is 14.7 Å². The second-order valence-corrected chi connectivity index (χ2v) is 14.5. The number of Topliss-reactive ketones (excluding diaryl/α,β-unsaturated/α-hetero) is 1. The standard InChI is InChI=1S/C44H82O3/c1-3-5-7-9-11-13-15-17-19-21-23-25-27-29-31-33-35-37-39-41-43(45)42(44(46)47)40-38-36-34-32-30-28-26-24-22-20-18-16-14-12-10-8-6-4-2/h17-20,42H,3-16,21-41H2,1-2H3,(H,46,47)/b19-17-,20-18-. The van der Waals surface area contributed by atoms with Gasteiger partial charge in [0.25, 0.3) is 0 Å². The van der Waals surface area contributed by atoms with E-state index in [1.807, 2.05) is 0 Å². The minimum atomic E-state index is -0.913. The third-order valence-corrected chi connectivity index (χ3v) is 9.88. The number of carbonyl (C=O) groups excluding carboxylic acids is 1. The van der Waals surface area contributed by atoms with Crippen LogP contribution in [0.3, 0.4) is 0 Å². The fourth-order valence-electron chi connectivity index (χ4n) is 6.62. The molecule has 0 saturated heterocycles. The van der Waals surface area contributed by atoms with Crippen LogP contribution in [0.2, 0.25) is 0 Å². The summed E-state index contributed by atoms with van der Waals surface area (Å²) in [6, 6.07) is 0. The van der Waals surface area contributed by atoms with Gasteiger partial charge in [-0.25, -0.2) is 0 Å². The van der Waals surface area contributed by atoms with Crippen molar-refractivity contribution in [2.24, 2.45) is 5.92 Å². The van der Waals surface area contributed by atoms with Crippen molar-refractivity contribution in [3.05, 3.63) is 24.3 Å². The molecule has 3 heteroatoms. The highest BCUT2D eigenvalue weighted by atomic mass is 16.4. The second-order valence-electron chi connectivity index (χ2n) is 14.5. The quantitative estimate of drug-likeness (QED) is 0.0406. The van der Waals surface area contributed by atoms with E-state index in [-0.39, 0.29) is 5.78 Å². The Morgan fingerprint density at radius 1 is 0.404 bits per heavy atom. The summed E-state index contributed by atoms with van der Waals surface area (Å²) in [5, 5.41) is 9.62. The SMILES string of the molecule is CCCCCCCC/C=C\CCCCCCCCCCCC(=O)C(CCCCCCCCCC/C=C\CCCCCCCC)C(=O)O. The molecule has 47 heavy (non-hydrogen) atoms. The summed E-state index contributed by atoms with van der Waals surface area (Å²) in [5.74, 6) is -1.74. The van der Waals surface area contributed by atoms with Crippen LogP contribution in [-0.4, -0.2) is 16.9 Å². The number of rotatable bonds is 39. The number of hydrogen-bond acceptors (Lipinski definition) is 2. The summed E-state index contributed by atoms with van der Waals surface area (Å²) in [6.07, 6.45) is 52.4. The maximum Gasteiger partial charge on any atom is 0.314 e. The van der Waals surface area contributed by atoms with Crippen LogP contribution in [0.25, 0.3) is 0 Å². The van der Waals surface area contributed by atoms with E-state index in [2.05, 4.69) is 38.2 Å². The molecule has 1 unspecified atom stereocenters. The minimum Gasteiger partial charge on any atom is -0.481 e. The third-order valence-electron chi connectivity index (χ3n) is 9.88. The number of aliphatic carboxylic acids is 1. The molecule has 0 rings (SSSR count). The van der Waals surface area contributed by atoms with Gasteiger partial charge in [0, 0.05) is 6.42 Å². The van der Waals surface area contributed by atoms with Gasteiger partial charge < -0.3 is 5.11 Å². The van der Waals surface area contributed by atoms with Crippen molar-refractivity contribution in [3.63, 3.8) is 0 Å². The highest BCUT2D eigenvalue weighted by molar-refractivity contribution is 5.98. The number of ketones is 1. The Labute approximate surface area is 294 Å². The van der Waals surface area contributed by atoms with E-state index in [1.165, 1.54) is 180 Å². The fourth-order valence-corrected chi connectivity index (χ4v) is 6.62. The predicted molar refractivity (Wildman–Crippen MR) is 207 cm³/mol. The van der Waals surface area contributed by atoms with Gasteiger partial charge in [-0.1, -0.05) is 192 Å². The molecule has 0 fully saturated rings. The zero-order valence-corrected chi connectivity index (χ0v) is 31.9. The van der Waals surface area contributed by atoms with Crippen molar-refractivity contribution in [2.75, 3.05) is 0 Å². The molecule has 0 radical (unpaired) electrons. The Kier molecular flexibility index (Phi) is 37.9. The normalized spacial score (nSPS) is 12.5. The van der Waals surface area contributed by atoms with Gasteiger partial charge in [-0.05, 0) is 64.2 Å². The molecule has 0 saturated carbocycles. The first kappa shape index (κ1) is 45.6. The number of carbonyl (C=O) groups is 2. The molecule has 0 aromatic heterocycles. The highest BCUT2D eigenvalue weighted by Crippen LogP contribution is 2.19. The van der Waals surface area contributed by atoms with Crippen molar-refractivity contribution in [1.82, 2.24) is 0 Å². The maximum atomic E-state index is 12.6. The van der Waals surface area contributed by atoms with Crippen molar-refractivity contribution in [2.45, 2.75) is 239 Å². The van der Waals surface area contributed by atoms with Gasteiger partial charge in [-0.2, -0.15) is 0 Å². The van der Waals surface area contributed by atoms with Gasteiger partial charge in [0.1, 0.15) is 11.7 Å². The number of hydrogen-bond donors (Lipinski definition) is 1. The molecule has 0 heterocycles. The molecule has 0 aliphatic rings. The minimum absolute atomic E-state index is 0.0421. The van der Waals surface area contributed by atoms with E-state index in [9.17, 15) is 14.7 Å². The van der Waals surface area contributed by atoms with Crippen LogP contribution in [0.1, 0.15) is 239 Å². The smallest absolute Gasteiger partial charge is 0.314 e. The average molecular weight is 659 g/mol.